The lowest BCUT2D eigenvalue weighted by Gasteiger charge is -2.44. The molecular weight excluding hydrogens is 176 g/mol. The van der Waals surface area contributed by atoms with E-state index in [1.54, 1.807) is 0 Å². The fourth-order valence-electron chi connectivity index (χ4n) is 2.63. The Hall–Kier alpha value is -0.120. The van der Waals surface area contributed by atoms with E-state index >= 15 is 0 Å². The Balaban J connectivity index is 1.80. The van der Waals surface area contributed by atoms with Crippen LogP contribution in [-0.4, -0.2) is 50.8 Å². The predicted molar refractivity (Wildman–Crippen MR) is 57.4 cm³/mol. The Morgan fingerprint density at radius 2 is 2.21 bits per heavy atom. The lowest BCUT2D eigenvalue weighted by molar-refractivity contribution is 0.0579. The van der Waals surface area contributed by atoms with Crippen LogP contribution in [0.15, 0.2) is 0 Å². The molecule has 2 aliphatic rings. The summed E-state index contributed by atoms with van der Waals surface area (Å²) in [6.07, 6.45) is 4.01. The lowest BCUT2D eigenvalue weighted by Crippen LogP contribution is -2.50. The van der Waals surface area contributed by atoms with Gasteiger partial charge in [-0.05, 0) is 38.8 Å². The summed E-state index contributed by atoms with van der Waals surface area (Å²) in [6.45, 7) is 5.46. The molecule has 1 aliphatic heterocycles. The second-order valence-corrected chi connectivity index (χ2v) is 4.46. The number of hydrogen-bond acceptors (Lipinski definition) is 3. The van der Waals surface area contributed by atoms with Crippen molar-refractivity contribution in [1.29, 1.82) is 0 Å². The van der Waals surface area contributed by atoms with Gasteiger partial charge in [0.1, 0.15) is 0 Å². The molecule has 0 radical (unpaired) electrons. The average molecular weight is 198 g/mol. The van der Waals surface area contributed by atoms with Gasteiger partial charge in [-0.3, -0.25) is 4.90 Å². The molecule has 1 heterocycles. The summed E-state index contributed by atoms with van der Waals surface area (Å²) < 4.78 is 5.48. The van der Waals surface area contributed by atoms with Crippen LogP contribution in [-0.2, 0) is 4.74 Å². The van der Waals surface area contributed by atoms with Crippen molar-refractivity contribution in [2.75, 3.05) is 39.9 Å². The van der Waals surface area contributed by atoms with E-state index in [-0.39, 0.29) is 0 Å². The van der Waals surface area contributed by atoms with E-state index in [0.29, 0.717) is 0 Å². The van der Waals surface area contributed by atoms with Crippen molar-refractivity contribution < 1.29 is 4.74 Å². The fraction of sp³-hybridized carbons (Fsp3) is 1.00. The van der Waals surface area contributed by atoms with Crippen molar-refractivity contribution in [3.8, 4) is 0 Å². The molecule has 2 atom stereocenters. The Bertz CT molecular complexity index is 167. The van der Waals surface area contributed by atoms with Crippen LogP contribution in [0.25, 0.3) is 0 Å². The van der Waals surface area contributed by atoms with Gasteiger partial charge in [0.25, 0.3) is 0 Å². The van der Waals surface area contributed by atoms with E-state index in [9.17, 15) is 0 Å². The van der Waals surface area contributed by atoms with Gasteiger partial charge in [-0.25, -0.2) is 0 Å². The molecule has 14 heavy (non-hydrogen) atoms. The molecule has 0 spiro atoms. The largest absolute Gasteiger partial charge is 0.380 e. The van der Waals surface area contributed by atoms with E-state index in [4.69, 9.17) is 4.74 Å². The average Bonchev–Trinajstić information content (AvgIpc) is 2.41. The molecule has 2 rings (SSSR count). The molecule has 0 amide bonds. The summed E-state index contributed by atoms with van der Waals surface area (Å²) in [4.78, 5) is 2.64. The zero-order chi connectivity index (χ0) is 9.80. The summed E-state index contributed by atoms with van der Waals surface area (Å²) in [7, 11) is 2.06. The highest BCUT2D eigenvalue weighted by Crippen LogP contribution is 2.31. The van der Waals surface area contributed by atoms with Crippen molar-refractivity contribution in [1.82, 2.24) is 10.2 Å². The molecule has 1 saturated heterocycles. The third-order valence-corrected chi connectivity index (χ3v) is 3.57. The first-order valence-electron chi connectivity index (χ1n) is 5.88. The second-order valence-electron chi connectivity index (χ2n) is 4.46. The van der Waals surface area contributed by atoms with Gasteiger partial charge in [-0.1, -0.05) is 0 Å². The Morgan fingerprint density at radius 1 is 1.29 bits per heavy atom. The van der Waals surface area contributed by atoms with E-state index in [1.165, 1.54) is 32.4 Å². The maximum Gasteiger partial charge on any atom is 0.0593 e. The summed E-state index contributed by atoms with van der Waals surface area (Å²) in [5, 5.41) is 3.30. The van der Waals surface area contributed by atoms with Crippen molar-refractivity contribution in [3.05, 3.63) is 0 Å². The number of hydrogen-bond donors (Lipinski definition) is 1. The molecule has 1 saturated carbocycles. The highest BCUT2D eigenvalue weighted by Gasteiger charge is 2.34. The first-order chi connectivity index (χ1) is 6.92. The SMILES string of the molecule is CNCC1CCC1N1CCCOCC1. The highest BCUT2D eigenvalue weighted by atomic mass is 16.5. The lowest BCUT2D eigenvalue weighted by atomic mass is 9.78. The standard InChI is InChI=1S/C11H22N2O/c1-12-9-10-3-4-11(10)13-5-2-7-14-8-6-13/h10-12H,2-9H2,1H3. The minimum absolute atomic E-state index is 0.837. The fourth-order valence-corrected chi connectivity index (χ4v) is 2.63. The zero-order valence-electron chi connectivity index (χ0n) is 9.17. The van der Waals surface area contributed by atoms with E-state index in [1.807, 2.05) is 0 Å². The minimum Gasteiger partial charge on any atom is -0.380 e. The topological polar surface area (TPSA) is 24.5 Å². The van der Waals surface area contributed by atoms with Gasteiger partial charge >= 0.3 is 0 Å². The van der Waals surface area contributed by atoms with Crippen LogP contribution in [0.3, 0.4) is 0 Å². The number of nitrogens with one attached hydrogen (secondary N) is 1. The van der Waals surface area contributed by atoms with Crippen LogP contribution in [0.4, 0.5) is 0 Å². The first-order valence-corrected chi connectivity index (χ1v) is 5.88. The van der Waals surface area contributed by atoms with Crippen LogP contribution in [0, 0.1) is 5.92 Å². The normalized spacial score (nSPS) is 34.9. The molecule has 2 unspecified atom stereocenters. The molecule has 3 heteroatoms. The molecule has 0 bridgehead atoms. The van der Waals surface area contributed by atoms with Gasteiger partial charge in [0, 0.05) is 25.7 Å². The number of nitrogens with zero attached hydrogens (tertiary/aromatic N) is 1. The minimum atomic E-state index is 0.837. The smallest absolute Gasteiger partial charge is 0.0593 e. The van der Waals surface area contributed by atoms with Crippen LogP contribution >= 0.6 is 0 Å². The molecule has 82 valence electrons. The second kappa shape index (κ2) is 5.10. The highest BCUT2D eigenvalue weighted by molar-refractivity contribution is 4.90. The summed E-state index contributed by atoms with van der Waals surface area (Å²) in [5.41, 5.74) is 0. The monoisotopic (exact) mass is 198 g/mol. The Labute approximate surface area is 86.8 Å². The van der Waals surface area contributed by atoms with Gasteiger partial charge in [0.2, 0.25) is 0 Å². The van der Waals surface area contributed by atoms with Crippen molar-refractivity contribution in [2.24, 2.45) is 5.92 Å². The summed E-state index contributed by atoms with van der Waals surface area (Å²) in [6, 6.07) is 0.837. The molecule has 0 aromatic carbocycles. The third-order valence-electron chi connectivity index (χ3n) is 3.57. The van der Waals surface area contributed by atoms with Crippen molar-refractivity contribution in [2.45, 2.75) is 25.3 Å². The Kier molecular flexibility index (Phi) is 3.79. The van der Waals surface area contributed by atoms with Crippen LogP contribution in [0.1, 0.15) is 19.3 Å². The number of ether oxygens (including phenoxy) is 1. The maximum atomic E-state index is 5.48. The Morgan fingerprint density at radius 3 is 2.93 bits per heavy atom. The molecule has 1 N–H and O–H groups in total. The molecule has 3 nitrogen and oxygen atoms in total. The maximum absolute atomic E-state index is 5.48. The molecule has 0 aromatic rings. The zero-order valence-corrected chi connectivity index (χ0v) is 9.17. The van der Waals surface area contributed by atoms with Gasteiger partial charge < -0.3 is 10.1 Å². The van der Waals surface area contributed by atoms with Gasteiger partial charge in [-0.2, -0.15) is 0 Å². The van der Waals surface area contributed by atoms with E-state index in [2.05, 4.69) is 17.3 Å². The van der Waals surface area contributed by atoms with Gasteiger partial charge in [0.05, 0.1) is 6.61 Å². The molecular formula is C11H22N2O. The first kappa shape index (κ1) is 10.4. The predicted octanol–water partition coefficient (Wildman–Crippen LogP) is 0.707. The quantitative estimate of drug-likeness (QED) is 0.723. The van der Waals surface area contributed by atoms with Crippen molar-refractivity contribution >= 4 is 0 Å². The van der Waals surface area contributed by atoms with Crippen LogP contribution < -0.4 is 5.32 Å². The van der Waals surface area contributed by atoms with Gasteiger partial charge in [0.15, 0.2) is 0 Å². The molecule has 1 aliphatic carbocycles. The summed E-state index contributed by atoms with van der Waals surface area (Å²) >= 11 is 0. The van der Waals surface area contributed by atoms with Crippen LogP contribution in [0.2, 0.25) is 0 Å². The van der Waals surface area contributed by atoms with E-state index in [0.717, 1.165) is 31.7 Å². The third kappa shape index (κ3) is 2.27. The summed E-state index contributed by atoms with van der Waals surface area (Å²) in [5.74, 6) is 0.887. The van der Waals surface area contributed by atoms with E-state index < -0.39 is 0 Å². The van der Waals surface area contributed by atoms with Crippen molar-refractivity contribution in [3.63, 3.8) is 0 Å². The van der Waals surface area contributed by atoms with Gasteiger partial charge in [-0.15, -0.1) is 0 Å². The molecule has 0 aromatic heterocycles. The molecule has 2 fully saturated rings. The van der Waals surface area contributed by atoms with Crippen LogP contribution in [0.5, 0.6) is 0 Å². The number of rotatable bonds is 3.